The van der Waals surface area contributed by atoms with E-state index in [-0.39, 0.29) is 11.7 Å². The number of para-hydroxylation sites is 3. The number of nitrogens with one attached hydrogen (secondary N) is 2. The molecular formula is C24H18FN3O2. The summed E-state index contributed by atoms with van der Waals surface area (Å²) in [5.74, 6) is 0.564. The lowest BCUT2D eigenvalue weighted by Gasteiger charge is -2.13. The number of ether oxygens (including phenoxy) is 1. The Balaban J connectivity index is 1.50. The highest BCUT2D eigenvalue weighted by atomic mass is 19.1. The maximum atomic E-state index is 13.1. The molecule has 0 unspecified atom stereocenters. The molecule has 0 saturated carbocycles. The van der Waals surface area contributed by atoms with E-state index < -0.39 is 0 Å². The van der Waals surface area contributed by atoms with E-state index in [1.807, 2.05) is 42.5 Å². The van der Waals surface area contributed by atoms with Gasteiger partial charge >= 0.3 is 0 Å². The summed E-state index contributed by atoms with van der Waals surface area (Å²) in [5, 5.41) is 5.96. The molecule has 148 valence electrons. The number of carbonyl (C=O) groups excluding carboxylic acids is 1. The molecule has 1 aromatic heterocycles. The van der Waals surface area contributed by atoms with Gasteiger partial charge in [0.15, 0.2) is 5.75 Å². The van der Waals surface area contributed by atoms with E-state index >= 15 is 0 Å². The van der Waals surface area contributed by atoms with Crippen molar-refractivity contribution in [2.24, 2.45) is 0 Å². The van der Waals surface area contributed by atoms with Crippen LogP contribution >= 0.6 is 0 Å². The number of rotatable bonds is 6. The van der Waals surface area contributed by atoms with Crippen LogP contribution in [0, 0.1) is 5.82 Å². The molecule has 0 atom stereocenters. The average Bonchev–Trinajstić information content (AvgIpc) is 2.78. The molecule has 0 radical (unpaired) electrons. The number of amides is 1. The molecule has 0 aliphatic heterocycles. The first-order chi connectivity index (χ1) is 14.7. The molecule has 4 rings (SSSR count). The zero-order valence-electron chi connectivity index (χ0n) is 15.9. The standard InChI is InChI=1S/C24H18FN3O2/c25-18-10-12-19(13-11-18)27-20-14-17(15-26-16-20)24(29)28-22-8-4-5-9-23(22)30-21-6-2-1-3-7-21/h1-16,27H,(H,28,29). The third-order valence-electron chi connectivity index (χ3n) is 4.24. The van der Waals surface area contributed by atoms with Crippen LogP contribution in [0.5, 0.6) is 11.5 Å². The predicted octanol–water partition coefficient (Wildman–Crippen LogP) is 6.01. The molecule has 30 heavy (non-hydrogen) atoms. The Morgan fingerprint density at radius 3 is 2.37 bits per heavy atom. The normalized spacial score (nSPS) is 10.3. The number of aromatic nitrogens is 1. The summed E-state index contributed by atoms with van der Waals surface area (Å²) in [7, 11) is 0. The Morgan fingerprint density at radius 1 is 0.833 bits per heavy atom. The van der Waals surface area contributed by atoms with Crippen molar-refractivity contribution >= 4 is 23.0 Å². The maximum Gasteiger partial charge on any atom is 0.257 e. The number of nitrogens with zero attached hydrogens (tertiary/aromatic N) is 1. The smallest absolute Gasteiger partial charge is 0.257 e. The van der Waals surface area contributed by atoms with Crippen LogP contribution in [0.15, 0.2) is 97.3 Å². The van der Waals surface area contributed by atoms with E-state index in [1.165, 1.54) is 18.3 Å². The Kier molecular flexibility index (Phi) is 5.66. The highest BCUT2D eigenvalue weighted by Crippen LogP contribution is 2.29. The Labute approximate surface area is 173 Å². The third-order valence-corrected chi connectivity index (χ3v) is 4.24. The van der Waals surface area contributed by atoms with Gasteiger partial charge in [0.1, 0.15) is 11.6 Å². The van der Waals surface area contributed by atoms with Gasteiger partial charge in [-0.2, -0.15) is 0 Å². The van der Waals surface area contributed by atoms with Crippen molar-refractivity contribution < 1.29 is 13.9 Å². The van der Waals surface area contributed by atoms with Gasteiger partial charge in [-0.05, 0) is 54.6 Å². The number of anilines is 3. The van der Waals surface area contributed by atoms with Crippen molar-refractivity contribution in [2.75, 3.05) is 10.6 Å². The lowest BCUT2D eigenvalue weighted by Crippen LogP contribution is -2.13. The van der Waals surface area contributed by atoms with Gasteiger partial charge in [0.2, 0.25) is 0 Å². The summed E-state index contributed by atoms with van der Waals surface area (Å²) < 4.78 is 19.0. The number of hydrogen-bond acceptors (Lipinski definition) is 4. The molecule has 1 amide bonds. The van der Waals surface area contributed by atoms with Gasteiger partial charge in [0, 0.05) is 11.9 Å². The van der Waals surface area contributed by atoms with Crippen molar-refractivity contribution in [3.63, 3.8) is 0 Å². The Morgan fingerprint density at radius 2 is 1.57 bits per heavy atom. The summed E-state index contributed by atoms with van der Waals surface area (Å²) in [6, 6.07) is 24.2. The topological polar surface area (TPSA) is 63.2 Å². The SMILES string of the molecule is O=C(Nc1ccccc1Oc1ccccc1)c1cncc(Nc2ccc(F)cc2)c1. The van der Waals surface area contributed by atoms with Crippen LogP contribution in [-0.4, -0.2) is 10.9 Å². The summed E-state index contributed by atoms with van der Waals surface area (Å²) in [4.78, 5) is 16.9. The van der Waals surface area contributed by atoms with Crippen LogP contribution in [0.4, 0.5) is 21.5 Å². The van der Waals surface area contributed by atoms with Crippen LogP contribution < -0.4 is 15.4 Å². The van der Waals surface area contributed by atoms with Crippen LogP contribution in [0.2, 0.25) is 0 Å². The monoisotopic (exact) mass is 399 g/mol. The molecule has 2 N–H and O–H groups in total. The van der Waals surface area contributed by atoms with Crippen molar-refractivity contribution in [1.82, 2.24) is 4.98 Å². The minimum atomic E-state index is -0.325. The number of pyridine rings is 1. The fourth-order valence-electron chi connectivity index (χ4n) is 2.80. The minimum absolute atomic E-state index is 0.316. The highest BCUT2D eigenvalue weighted by Gasteiger charge is 2.12. The van der Waals surface area contributed by atoms with Crippen molar-refractivity contribution in [2.45, 2.75) is 0 Å². The largest absolute Gasteiger partial charge is 0.455 e. The number of halogens is 1. The molecule has 5 nitrogen and oxygen atoms in total. The lowest BCUT2D eigenvalue weighted by atomic mass is 10.2. The maximum absolute atomic E-state index is 13.1. The molecule has 6 heteroatoms. The molecule has 4 aromatic rings. The molecule has 0 aliphatic rings. The molecule has 3 aromatic carbocycles. The zero-order chi connectivity index (χ0) is 20.8. The lowest BCUT2D eigenvalue weighted by molar-refractivity contribution is 0.102. The summed E-state index contributed by atoms with van der Waals surface area (Å²) in [5.41, 5.74) is 2.22. The minimum Gasteiger partial charge on any atom is -0.455 e. The molecule has 1 heterocycles. The number of benzene rings is 3. The van der Waals surface area contributed by atoms with Gasteiger partial charge in [-0.1, -0.05) is 30.3 Å². The van der Waals surface area contributed by atoms with Crippen LogP contribution in [-0.2, 0) is 0 Å². The molecule has 0 spiro atoms. The molecule has 0 saturated heterocycles. The Hall–Kier alpha value is -4.19. The summed E-state index contributed by atoms with van der Waals surface area (Å²) in [6.07, 6.45) is 3.07. The molecule has 0 aliphatic carbocycles. The van der Waals surface area contributed by atoms with E-state index in [0.717, 1.165) is 0 Å². The fourth-order valence-corrected chi connectivity index (χ4v) is 2.80. The van der Waals surface area contributed by atoms with E-state index in [9.17, 15) is 9.18 Å². The molecular weight excluding hydrogens is 381 g/mol. The van der Waals surface area contributed by atoms with Gasteiger partial charge in [0.25, 0.3) is 5.91 Å². The number of carbonyl (C=O) groups is 1. The van der Waals surface area contributed by atoms with E-state index in [4.69, 9.17) is 4.74 Å². The Bertz CT molecular complexity index is 1150. The first-order valence-corrected chi connectivity index (χ1v) is 9.28. The summed E-state index contributed by atoms with van der Waals surface area (Å²) >= 11 is 0. The van der Waals surface area contributed by atoms with Crippen molar-refractivity contribution in [3.8, 4) is 11.5 Å². The van der Waals surface area contributed by atoms with E-state index in [2.05, 4.69) is 15.6 Å². The number of hydrogen-bond donors (Lipinski definition) is 2. The summed E-state index contributed by atoms with van der Waals surface area (Å²) in [6.45, 7) is 0. The second kappa shape index (κ2) is 8.87. The van der Waals surface area contributed by atoms with E-state index in [0.29, 0.717) is 34.1 Å². The first-order valence-electron chi connectivity index (χ1n) is 9.28. The average molecular weight is 399 g/mol. The van der Waals surface area contributed by atoms with Gasteiger partial charge in [-0.15, -0.1) is 0 Å². The van der Waals surface area contributed by atoms with E-state index in [1.54, 1.807) is 36.5 Å². The van der Waals surface area contributed by atoms with Gasteiger partial charge in [-0.3, -0.25) is 9.78 Å². The zero-order valence-corrected chi connectivity index (χ0v) is 15.9. The quantitative estimate of drug-likeness (QED) is 0.417. The predicted molar refractivity (Wildman–Crippen MR) is 115 cm³/mol. The first kappa shape index (κ1) is 19.1. The van der Waals surface area contributed by atoms with Gasteiger partial charge in [-0.25, -0.2) is 4.39 Å². The van der Waals surface area contributed by atoms with Crippen molar-refractivity contribution in [1.29, 1.82) is 0 Å². The highest BCUT2D eigenvalue weighted by molar-refractivity contribution is 6.05. The second-order valence-corrected chi connectivity index (χ2v) is 6.46. The van der Waals surface area contributed by atoms with Crippen LogP contribution in [0.25, 0.3) is 0 Å². The third kappa shape index (κ3) is 4.80. The van der Waals surface area contributed by atoms with Crippen LogP contribution in [0.3, 0.4) is 0 Å². The van der Waals surface area contributed by atoms with Gasteiger partial charge < -0.3 is 15.4 Å². The second-order valence-electron chi connectivity index (χ2n) is 6.46. The molecule has 0 fully saturated rings. The van der Waals surface area contributed by atoms with Gasteiger partial charge in [0.05, 0.1) is 23.1 Å². The van der Waals surface area contributed by atoms with Crippen molar-refractivity contribution in [3.05, 3.63) is 109 Å². The fraction of sp³-hybridized carbons (Fsp3) is 0. The van der Waals surface area contributed by atoms with Crippen LogP contribution in [0.1, 0.15) is 10.4 Å². The molecule has 0 bridgehead atoms.